The van der Waals surface area contributed by atoms with Gasteiger partial charge in [-0.25, -0.2) is 8.42 Å². The predicted octanol–water partition coefficient (Wildman–Crippen LogP) is 2.13. The first kappa shape index (κ1) is 12.2. The van der Waals surface area contributed by atoms with Crippen molar-refractivity contribution < 1.29 is 8.42 Å². The summed E-state index contributed by atoms with van der Waals surface area (Å²) in [4.78, 5) is -0.221. The molecule has 8 heteroatoms. The van der Waals surface area contributed by atoms with Crippen LogP contribution in [-0.2, 0) is 9.84 Å². The Hall–Kier alpha value is -1.24. The minimum Gasteiger partial charge on any atom is -0.383 e. The largest absolute Gasteiger partial charge is 0.383 e. The van der Waals surface area contributed by atoms with Crippen LogP contribution in [0, 0.1) is 0 Å². The zero-order valence-electron chi connectivity index (χ0n) is 8.31. The quantitative estimate of drug-likeness (QED) is 0.887. The number of halogens is 2. The van der Waals surface area contributed by atoms with E-state index in [1.54, 1.807) is 0 Å². The number of aromatic nitrogens is 2. The molecule has 2 aromatic rings. The van der Waals surface area contributed by atoms with Gasteiger partial charge in [0.1, 0.15) is 10.7 Å². The number of nitrogen functional groups attached to an aromatic ring is 1. The summed E-state index contributed by atoms with van der Waals surface area (Å²) in [6.45, 7) is 0. The Balaban J connectivity index is 2.68. The number of rotatable bonds is 2. The van der Waals surface area contributed by atoms with E-state index in [-0.39, 0.29) is 25.7 Å². The lowest BCUT2D eigenvalue weighted by Gasteiger charge is -2.05. The average molecular weight is 292 g/mol. The lowest BCUT2D eigenvalue weighted by atomic mass is 10.4. The van der Waals surface area contributed by atoms with Crippen molar-refractivity contribution in [2.75, 3.05) is 5.73 Å². The topological polar surface area (TPSA) is 88.8 Å². The molecule has 1 aromatic carbocycles. The van der Waals surface area contributed by atoms with Crippen molar-refractivity contribution >= 4 is 38.9 Å². The van der Waals surface area contributed by atoms with E-state index in [4.69, 9.17) is 28.9 Å². The summed E-state index contributed by atoms with van der Waals surface area (Å²) < 4.78 is 24.4. The Morgan fingerprint density at radius 2 is 1.94 bits per heavy atom. The molecule has 0 fully saturated rings. The molecule has 0 aliphatic heterocycles. The van der Waals surface area contributed by atoms with E-state index in [9.17, 15) is 8.42 Å². The first-order chi connectivity index (χ1) is 7.93. The highest BCUT2D eigenvalue weighted by molar-refractivity contribution is 7.91. The number of benzene rings is 1. The van der Waals surface area contributed by atoms with Gasteiger partial charge in [-0.15, -0.1) is 0 Å². The normalized spacial score (nSPS) is 11.6. The first-order valence-corrected chi connectivity index (χ1v) is 6.66. The van der Waals surface area contributed by atoms with Crippen molar-refractivity contribution in [2.24, 2.45) is 0 Å². The van der Waals surface area contributed by atoms with Crippen molar-refractivity contribution in [3.8, 4) is 0 Å². The summed E-state index contributed by atoms with van der Waals surface area (Å²) in [6, 6.07) is 4.18. The number of hydrogen-bond donors (Lipinski definition) is 2. The maximum atomic E-state index is 12.2. The molecular formula is C9H7Cl2N3O2S. The van der Waals surface area contributed by atoms with E-state index in [1.165, 1.54) is 18.2 Å². The summed E-state index contributed by atoms with van der Waals surface area (Å²) in [5, 5.41) is 6.26. The highest BCUT2D eigenvalue weighted by atomic mass is 35.5. The molecule has 1 aromatic heterocycles. The van der Waals surface area contributed by atoms with Crippen molar-refractivity contribution in [3.63, 3.8) is 0 Å². The van der Waals surface area contributed by atoms with E-state index in [1.807, 2.05) is 0 Å². The van der Waals surface area contributed by atoms with Gasteiger partial charge in [-0.1, -0.05) is 23.2 Å². The Kier molecular flexibility index (Phi) is 3.03. The van der Waals surface area contributed by atoms with Crippen LogP contribution in [0.2, 0.25) is 10.0 Å². The van der Waals surface area contributed by atoms with E-state index in [0.29, 0.717) is 0 Å². The number of H-pyrrole nitrogens is 1. The van der Waals surface area contributed by atoms with E-state index < -0.39 is 9.84 Å². The van der Waals surface area contributed by atoms with Crippen LogP contribution < -0.4 is 5.73 Å². The van der Waals surface area contributed by atoms with Crippen molar-refractivity contribution in [1.29, 1.82) is 0 Å². The molecule has 2 rings (SSSR count). The fourth-order valence-corrected chi connectivity index (χ4v) is 3.33. The second-order valence-electron chi connectivity index (χ2n) is 3.23. The zero-order chi connectivity index (χ0) is 12.6. The molecule has 0 unspecified atom stereocenters. The predicted molar refractivity (Wildman–Crippen MR) is 64.9 cm³/mol. The molecule has 3 N–H and O–H groups in total. The highest BCUT2D eigenvalue weighted by Gasteiger charge is 2.24. The van der Waals surface area contributed by atoms with Gasteiger partial charge in [0.2, 0.25) is 9.84 Å². The van der Waals surface area contributed by atoms with Gasteiger partial charge in [0.25, 0.3) is 0 Å². The number of sulfone groups is 1. The van der Waals surface area contributed by atoms with Gasteiger partial charge in [0.05, 0.1) is 16.1 Å². The molecule has 90 valence electrons. The third-order valence-corrected chi connectivity index (χ3v) is 4.60. The average Bonchev–Trinajstić information content (AvgIpc) is 2.68. The lowest BCUT2D eigenvalue weighted by molar-refractivity contribution is 0.596. The van der Waals surface area contributed by atoms with Crippen molar-refractivity contribution in [2.45, 2.75) is 9.79 Å². The summed E-state index contributed by atoms with van der Waals surface area (Å²) in [7, 11) is -3.81. The summed E-state index contributed by atoms with van der Waals surface area (Å²) in [5.41, 5.74) is 5.48. The summed E-state index contributed by atoms with van der Waals surface area (Å²) in [5.74, 6) is -0.0407. The summed E-state index contributed by atoms with van der Waals surface area (Å²) in [6.07, 6.45) is 1.13. The Morgan fingerprint density at radius 1 is 1.24 bits per heavy atom. The number of nitrogens with two attached hydrogens (primary N) is 1. The van der Waals surface area contributed by atoms with Crippen molar-refractivity contribution in [1.82, 2.24) is 10.2 Å². The number of anilines is 1. The van der Waals surface area contributed by atoms with E-state index in [2.05, 4.69) is 10.2 Å². The van der Waals surface area contributed by atoms with Crippen LogP contribution in [0.25, 0.3) is 0 Å². The minimum atomic E-state index is -3.81. The zero-order valence-corrected chi connectivity index (χ0v) is 10.6. The molecule has 0 saturated heterocycles. The molecule has 0 bridgehead atoms. The molecule has 5 nitrogen and oxygen atoms in total. The highest BCUT2D eigenvalue weighted by Crippen LogP contribution is 2.31. The minimum absolute atomic E-state index is 0.0407. The van der Waals surface area contributed by atoms with Gasteiger partial charge >= 0.3 is 0 Å². The maximum Gasteiger partial charge on any atom is 0.213 e. The molecule has 0 aliphatic rings. The molecule has 0 spiro atoms. The molecule has 0 saturated carbocycles. The Morgan fingerprint density at radius 3 is 2.53 bits per heavy atom. The first-order valence-electron chi connectivity index (χ1n) is 4.42. The Labute approximate surface area is 107 Å². The second-order valence-corrected chi connectivity index (χ2v) is 5.96. The molecule has 0 aliphatic carbocycles. The molecular weight excluding hydrogens is 285 g/mol. The van der Waals surface area contributed by atoms with E-state index >= 15 is 0 Å². The molecule has 17 heavy (non-hydrogen) atoms. The number of aromatic amines is 1. The maximum absolute atomic E-state index is 12.2. The Bertz CT molecular complexity index is 667. The number of nitrogens with one attached hydrogen (secondary N) is 1. The van der Waals surface area contributed by atoms with Gasteiger partial charge in [-0.05, 0) is 18.2 Å². The SMILES string of the molecule is Nc1[nH]ncc1S(=O)(=O)c1cc(Cl)ccc1Cl. The van der Waals surface area contributed by atoms with Gasteiger partial charge in [-0.3, -0.25) is 5.10 Å². The molecule has 0 radical (unpaired) electrons. The monoisotopic (exact) mass is 291 g/mol. The second kappa shape index (κ2) is 4.21. The fourth-order valence-electron chi connectivity index (χ4n) is 1.30. The lowest BCUT2D eigenvalue weighted by Crippen LogP contribution is -2.04. The van der Waals surface area contributed by atoms with Gasteiger partial charge in [0.15, 0.2) is 0 Å². The van der Waals surface area contributed by atoms with Crippen LogP contribution in [-0.4, -0.2) is 18.6 Å². The number of hydrogen-bond acceptors (Lipinski definition) is 4. The van der Waals surface area contributed by atoms with Crippen LogP contribution in [0.4, 0.5) is 5.82 Å². The van der Waals surface area contributed by atoms with Crippen LogP contribution in [0.15, 0.2) is 34.2 Å². The third-order valence-electron chi connectivity index (χ3n) is 2.10. The molecule has 0 amide bonds. The van der Waals surface area contributed by atoms with E-state index in [0.717, 1.165) is 6.20 Å². The third kappa shape index (κ3) is 2.11. The smallest absolute Gasteiger partial charge is 0.213 e. The number of nitrogens with zero attached hydrogens (tertiary/aromatic N) is 1. The summed E-state index contributed by atoms with van der Waals surface area (Å²) >= 11 is 11.6. The molecule has 1 heterocycles. The standard InChI is InChI=1S/C9H7Cl2N3O2S/c10-5-1-2-6(11)7(3-5)17(15,16)8-4-13-14-9(8)12/h1-4H,(H3,12,13,14). The fraction of sp³-hybridized carbons (Fsp3) is 0. The van der Waals surface area contributed by atoms with Gasteiger partial charge in [0, 0.05) is 5.02 Å². The van der Waals surface area contributed by atoms with Crippen molar-refractivity contribution in [3.05, 3.63) is 34.4 Å². The van der Waals surface area contributed by atoms with Crippen LogP contribution >= 0.6 is 23.2 Å². The van der Waals surface area contributed by atoms with Gasteiger partial charge in [-0.2, -0.15) is 5.10 Å². The molecule has 0 atom stereocenters. The van der Waals surface area contributed by atoms with Gasteiger partial charge < -0.3 is 5.73 Å². The van der Waals surface area contributed by atoms with Crippen LogP contribution in [0.3, 0.4) is 0 Å². The van der Waals surface area contributed by atoms with Crippen LogP contribution in [0.1, 0.15) is 0 Å². The van der Waals surface area contributed by atoms with Crippen LogP contribution in [0.5, 0.6) is 0 Å².